The van der Waals surface area contributed by atoms with Crippen LogP contribution in [0.3, 0.4) is 0 Å². The van der Waals surface area contributed by atoms with Crippen molar-refractivity contribution in [2.45, 2.75) is 13.3 Å². The smallest absolute Gasteiger partial charge is 0.167 e. The van der Waals surface area contributed by atoms with E-state index in [1.54, 1.807) is 12.1 Å². The average Bonchev–Trinajstić information content (AvgIpc) is 2.04. The fourth-order valence-electron chi connectivity index (χ4n) is 1.10. The molecule has 0 saturated heterocycles. The molecule has 0 aliphatic carbocycles. The Morgan fingerprint density at radius 3 is 2.77 bits per heavy atom. The lowest BCUT2D eigenvalue weighted by atomic mass is 10.1. The molecular formula is C10H11BrO2. The van der Waals surface area contributed by atoms with Gasteiger partial charge in [0, 0.05) is 11.8 Å². The molecule has 13 heavy (non-hydrogen) atoms. The van der Waals surface area contributed by atoms with E-state index in [0.29, 0.717) is 17.3 Å². The van der Waals surface area contributed by atoms with Gasteiger partial charge in [-0.05, 0) is 24.6 Å². The number of Topliss-reactive ketones (excluding diaryl/α,β-unsaturated/α-hetero) is 1. The lowest BCUT2D eigenvalue weighted by molar-refractivity contribution is 0.0987. The molecule has 0 amide bonds. The average molecular weight is 243 g/mol. The molecule has 1 N–H and O–H groups in total. The van der Waals surface area contributed by atoms with Crippen LogP contribution in [0.5, 0.6) is 5.75 Å². The standard InChI is InChI=1S/C10H11BrO2/c1-7-2-3-8(10(13)6-7)9(12)4-5-11/h2-3,6,13H,4-5H2,1H3. The predicted molar refractivity (Wildman–Crippen MR) is 55.6 cm³/mol. The first-order valence-corrected chi connectivity index (χ1v) is 5.16. The van der Waals surface area contributed by atoms with E-state index >= 15 is 0 Å². The minimum Gasteiger partial charge on any atom is -0.507 e. The molecule has 0 aliphatic heterocycles. The lowest BCUT2D eigenvalue weighted by Crippen LogP contribution is -1.99. The summed E-state index contributed by atoms with van der Waals surface area (Å²) in [7, 11) is 0. The quantitative estimate of drug-likeness (QED) is 0.654. The third-order valence-electron chi connectivity index (χ3n) is 1.78. The second-order valence-corrected chi connectivity index (χ2v) is 3.68. The predicted octanol–water partition coefficient (Wildman–Crippen LogP) is 2.67. The zero-order chi connectivity index (χ0) is 9.84. The summed E-state index contributed by atoms with van der Waals surface area (Å²) in [5, 5.41) is 10.1. The highest BCUT2D eigenvalue weighted by Crippen LogP contribution is 2.20. The van der Waals surface area contributed by atoms with Gasteiger partial charge in [-0.1, -0.05) is 22.0 Å². The Bertz CT molecular complexity index is 321. The van der Waals surface area contributed by atoms with Crippen molar-refractivity contribution in [1.82, 2.24) is 0 Å². The van der Waals surface area contributed by atoms with Gasteiger partial charge < -0.3 is 5.11 Å². The monoisotopic (exact) mass is 242 g/mol. The first-order chi connectivity index (χ1) is 6.15. The van der Waals surface area contributed by atoms with E-state index in [0.717, 1.165) is 5.56 Å². The normalized spacial score (nSPS) is 10.0. The van der Waals surface area contributed by atoms with Crippen LogP contribution in [0.25, 0.3) is 0 Å². The lowest BCUT2D eigenvalue weighted by Gasteiger charge is -2.02. The van der Waals surface area contributed by atoms with Gasteiger partial charge in [0.05, 0.1) is 5.56 Å². The van der Waals surface area contributed by atoms with Crippen molar-refractivity contribution in [2.24, 2.45) is 0 Å². The fraction of sp³-hybridized carbons (Fsp3) is 0.300. The van der Waals surface area contributed by atoms with Gasteiger partial charge in [0.25, 0.3) is 0 Å². The number of phenols is 1. The molecule has 0 aliphatic rings. The Morgan fingerprint density at radius 2 is 2.23 bits per heavy atom. The molecule has 0 aromatic heterocycles. The first kappa shape index (κ1) is 10.3. The molecule has 0 atom stereocenters. The topological polar surface area (TPSA) is 37.3 Å². The second-order valence-electron chi connectivity index (χ2n) is 2.88. The number of rotatable bonds is 3. The van der Waals surface area contributed by atoms with Crippen LogP contribution in [0, 0.1) is 6.92 Å². The highest BCUT2D eigenvalue weighted by atomic mass is 79.9. The van der Waals surface area contributed by atoms with Crippen molar-refractivity contribution in [3.05, 3.63) is 29.3 Å². The van der Waals surface area contributed by atoms with Crippen LogP contribution in [0.1, 0.15) is 22.3 Å². The molecule has 0 heterocycles. The summed E-state index contributed by atoms with van der Waals surface area (Å²) in [5.74, 6) is 0.0420. The van der Waals surface area contributed by atoms with Crippen molar-refractivity contribution >= 4 is 21.7 Å². The summed E-state index contributed by atoms with van der Waals surface area (Å²) in [6.07, 6.45) is 0.413. The minimum atomic E-state index is -0.0330. The molecule has 2 nitrogen and oxygen atoms in total. The maximum absolute atomic E-state index is 11.4. The Hall–Kier alpha value is -0.830. The number of aromatic hydroxyl groups is 1. The van der Waals surface area contributed by atoms with Crippen LogP contribution in [0.15, 0.2) is 18.2 Å². The maximum atomic E-state index is 11.4. The molecule has 70 valence electrons. The summed E-state index contributed by atoms with van der Waals surface area (Å²) in [5.41, 5.74) is 1.36. The number of hydrogen-bond acceptors (Lipinski definition) is 2. The Morgan fingerprint density at radius 1 is 1.54 bits per heavy atom. The van der Waals surface area contributed by atoms with Gasteiger partial charge in [-0.2, -0.15) is 0 Å². The molecule has 0 fully saturated rings. The van der Waals surface area contributed by atoms with E-state index in [-0.39, 0.29) is 11.5 Å². The third-order valence-corrected chi connectivity index (χ3v) is 2.17. The first-order valence-electron chi connectivity index (χ1n) is 4.04. The number of carbonyl (C=O) groups excluding carboxylic acids is 1. The molecular weight excluding hydrogens is 232 g/mol. The molecule has 0 bridgehead atoms. The van der Waals surface area contributed by atoms with Crippen molar-refractivity contribution in [1.29, 1.82) is 0 Å². The highest BCUT2D eigenvalue weighted by Gasteiger charge is 2.09. The van der Waals surface area contributed by atoms with E-state index < -0.39 is 0 Å². The molecule has 0 spiro atoms. The van der Waals surface area contributed by atoms with Gasteiger partial charge in [-0.15, -0.1) is 0 Å². The molecule has 0 unspecified atom stereocenters. The zero-order valence-electron chi connectivity index (χ0n) is 7.38. The van der Waals surface area contributed by atoms with Crippen LogP contribution in [-0.4, -0.2) is 16.2 Å². The minimum absolute atomic E-state index is 0.0330. The van der Waals surface area contributed by atoms with Crippen LogP contribution >= 0.6 is 15.9 Å². The van der Waals surface area contributed by atoms with Gasteiger partial charge in [0.15, 0.2) is 5.78 Å². The van der Waals surface area contributed by atoms with Gasteiger partial charge in [-0.25, -0.2) is 0 Å². The maximum Gasteiger partial charge on any atom is 0.167 e. The summed E-state index contributed by atoms with van der Waals surface area (Å²) < 4.78 is 0. The van der Waals surface area contributed by atoms with Crippen LogP contribution in [0.2, 0.25) is 0 Å². The number of ketones is 1. The van der Waals surface area contributed by atoms with Gasteiger partial charge in [-0.3, -0.25) is 4.79 Å². The number of benzene rings is 1. The number of phenolic OH excluding ortho intramolecular Hbond substituents is 1. The van der Waals surface area contributed by atoms with Crippen molar-refractivity contribution < 1.29 is 9.90 Å². The largest absolute Gasteiger partial charge is 0.507 e. The molecule has 3 heteroatoms. The van der Waals surface area contributed by atoms with Crippen LogP contribution in [0.4, 0.5) is 0 Å². The SMILES string of the molecule is Cc1ccc(C(=O)CCBr)c(O)c1. The third kappa shape index (κ3) is 2.56. The number of hydrogen-bond donors (Lipinski definition) is 1. The van der Waals surface area contributed by atoms with E-state index in [1.165, 1.54) is 0 Å². The van der Waals surface area contributed by atoms with E-state index in [1.807, 2.05) is 13.0 Å². The highest BCUT2D eigenvalue weighted by molar-refractivity contribution is 9.09. The van der Waals surface area contributed by atoms with Gasteiger partial charge in [0.2, 0.25) is 0 Å². The fourth-order valence-corrected chi connectivity index (χ4v) is 1.46. The summed E-state index contributed by atoms with van der Waals surface area (Å²) in [6.45, 7) is 1.87. The number of aryl methyl sites for hydroxylation is 1. The van der Waals surface area contributed by atoms with Crippen LogP contribution < -0.4 is 0 Å². The summed E-state index contributed by atoms with van der Waals surface area (Å²) >= 11 is 3.18. The van der Waals surface area contributed by atoms with Crippen LogP contribution in [-0.2, 0) is 0 Å². The molecule has 1 aromatic carbocycles. The zero-order valence-corrected chi connectivity index (χ0v) is 8.97. The van der Waals surface area contributed by atoms with Gasteiger partial charge >= 0.3 is 0 Å². The van der Waals surface area contributed by atoms with Gasteiger partial charge in [0.1, 0.15) is 5.75 Å². The second kappa shape index (κ2) is 4.42. The van der Waals surface area contributed by atoms with E-state index in [4.69, 9.17) is 0 Å². The number of halogens is 1. The van der Waals surface area contributed by atoms with Crippen molar-refractivity contribution in [2.75, 3.05) is 5.33 Å². The summed E-state index contributed by atoms with van der Waals surface area (Å²) in [6, 6.07) is 5.08. The molecule has 0 saturated carbocycles. The Kier molecular flexibility index (Phi) is 3.48. The van der Waals surface area contributed by atoms with E-state index in [2.05, 4.69) is 15.9 Å². The van der Waals surface area contributed by atoms with E-state index in [9.17, 15) is 9.90 Å². The van der Waals surface area contributed by atoms with Crippen molar-refractivity contribution in [3.8, 4) is 5.75 Å². The number of carbonyl (C=O) groups is 1. The summed E-state index contributed by atoms with van der Waals surface area (Å²) in [4.78, 5) is 11.4. The Labute approximate surface area is 85.7 Å². The Balaban J connectivity index is 2.95. The molecule has 0 radical (unpaired) electrons. The molecule has 1 aromatic rings. The molecule has 1 rings (SSSR count). The number of alkyl halides is 1. The van der Waals surface area contributed by atoms with Crippen molar-refractivity contribution in [3.63, 3.8) is 0 Å².